The summed E-state index contributed by atoms with van der Waals surface area (Å²) < 4.78 is 16.9. The predicted molar refractivity (Wildman–Crippen MR) is 75.4 cm³/mol. The number of nitrogen functional groups attached to an aromatic ring is 1. The first-order valence-electron chi connectivity index (χ1n) is 5.70. The quantitative estimate of drug-likeness (QED) is 0.495. The molecule has 0 radical (unpaired) electrons. The maximum atomic E-state index is 11.3. The lowest BCUT2D eigenvalue weighted by molar-refractivity contribution is 0.0921. The lowest BCUT2D eigenvalue weighted by atomic mass is 10.3. The Hall–Kier alpha value is -1.99. The normalized spacial score (nSPS) is 10.2. The molecular formula is C13H13BrN2O4. The molecule has 0 fully saturated rings. The van der Waals surface area contributed by atoms with Gasteiger partial charge in [0.25, 0.3) is 0 Å². The Kier molecular flexibility index (Phi) is 4.65. The molecule has 20 heavy (non-hydrogen) atoms. The second-order valence-corrected chi connectivity index (χ2v) is 4.65. The molecule has 0 aliphatic rings. The summed E-state index contributed by atoms with van der Waals surface area (Å²) in [5, 5.41) is 0. The van der Waals surface area contributed by atoms with E-state index in [-0.39, 0.29) is 12.4 Å². The van der Waals surface area contributed by atoms with Crippen LogP contribution in [0.2, 0.25) is 0 Å². The van der Waals surface area contributed by atoms with E-state index in [1.165, 1.54) is 6.07 Å². The Morgan fingerprint density at radius 1 is 1.40 bits per heavy atom. The van der Waals surface area contributed by atoms with Crippen LogP contribution in [0.15, 0.2) is 39.2 Å². The summed E-state index contributed by atoms with van der Waals surface area (Å²) in [5.41, 5.74) is 1.99. The summed E-state index contributed by atoms with van der Waals surface area (Å²) in [5.74, 6) is 6.33. The molecule has 3 N–H and O–H groups in total. The van der Waals surface area contributed by atoms with Gasteiger partial charge in [0.15, 0.2) is 17.3 Å². The summed E-state index contributed by atoms with van der Waals surface area (Å²) in [6.45, 7) is 0.164. The molecular weight excluding hydrogens is 328 g/mol. The SMILES string of the molecule is COc1cccc(Br)c1OCc1ccc(C(=O)NN)o1. The molecule has 1 heterocycles. The average Bonchev–Trinajstić information content (AvgIpc) is 2.93. The van der Waals surface area contributed by atoms with E-state index in [2.05, 4.69) is 15.9 Å². The van der Waals surface area contributed by atoms with E-state index in [1.54, 1.807) is 19.2 Å². The minimum absolute atomic E-state index is 0.130. The molecule has 0 saturated carbocycles. The highest BCUT2D eigenvalue weighted by molar-refractivity contribution is 9.10. The third kappa shape index (κ3) is 3.12. The zero-order valence-electron chi connectivity index (χ0n) is 10.7. The van der Waals surface area contributed by atoms with Gasteiger partial charge < -0.3 is 13.9 Å². The molecule has 106 valence electrons. The minimum Gasteiger partial charge on any atom is -0.493 e. The van der Waals surface area contributed by atoms with E-state index in [9.17, 15) is 4.79 Å². The summed E-state index contributed by atoms with van der Waals surface area (Å²) in [7, 11) is 1.56. The number of carbonyl (C=O) groups is 1. The van der Waals surface area contributed by atoms with E-state index in [1.807, 2.05) is 17.6 Å². The first kappa shape index (κ1) is 14.4. The molecule has 0 spiro atoms. The molecule has 0 aliphatic heterocycles. The monoisotopic (exact) mass is 340 g/mol. The number of hydrazine groups is 1. The third-order valence-corrected chi connectivity index (χ3v) is 3.15. The summed E-state index contributed by atoms with van der Waals surface area (Å²) in [6.07, 6.45) is 0. The van der Waals surface area contributed by atoms with Crippen molar-refractivity contribution in [3.05, 3.63) is 46.3 Å². The van der Waals surface area contributed by atoms with Gasteiger partial charge in [-0.3, -0.25) is 10.2 Å². The van der Waals surface area contributed by atoms with Crippen molar-refractivity contribution in [2.24, 2.45) is 5.84 Å². The number of ether oxygens (including phenoxy) is 2. The van der Waals surface area contributed by atoms with Gasteiger partial charge in [0.1, 0.15) is 12.4 Å². The van der Waals surface area contributed by atoms with Crippen LogP contribution >= 0.6 is 15.9 Å². The number of hydrogen-bond donors (Lipinski definition) is 2. The van der Waals surface area contributed by atoms with Crippen LogP contribution in [0.5, 0.6) is 11.5 Å². The molecule has 2 rings (SSSR count). The second-order valence-electron chi connectivity index (χ2n) is 3.80. The smallest absolute Gasteiger partial charge is 0.300 e. The zero-order chi connectivity index (χ0) is 14.5. The fraction of sp³-hybridized carbons (Fsp3) is 0.154. The van der Waals surface area contributed by atoms with Gasteiger partial charge in [-0.15, -0.1) is 0 Å². The molecule has 1 aromatic carbocycles. The van der Waals surface area contributed by atoms with Crippen molar-refractivity contribution in [2.75, 3.05) is 7.11 Å². The standard InChI is InChI=1S/C13H13BrN2O4/c1-18-10-4-2-3-9(14)12(10)19-7-8-5-6-11(20-8)13(17)16-15/h2-6H,7,15H2,1H3,(H,16,17). The van der Waals surface area contributed by atoms with E-state index in [0.717, 1.165) is 4.47 Å². The number of methoxy groups -OCH3 is 1. The highest BCUT2D eigenvalue weighted by Crippen LogP contribution is 2.35. The molecule has 7 heteroatoms. The van der Waals surface area contributed by atoms with Gasteiger partial charge in [-0.25, -0.2) is 5.84 Å². The van der Waals surface area contributed by atoms with Crippen molar-refractivity contribution in [2.45, 2.75) is 6.61 Å². The Labute approximate surface area is 123 Å². The van der Waals surface area contributed by atoms with Crippen LogP contribution in [0, 0.1) is 0 Å². The molecule has 0 saturated heterocycles. The lowest BCUT2D eigenvalue weighted by Gasteiger charge is -2.11. The zero-order valence-corrected chi connectivity index (χ0v) is 12.3. The number of hydrogen-bond acceptors (Lipinski definition) is 5. The maximum Gasteiger partial charge on any atom is 0.300 e. The summed E-state index contributed by atoms with van der Waals surface area (Å²) >= 11 is 3.38. The van der Waals surface area contributed by atoms with Gasteiger partial charge in [0.05, 0.1) is 11.6 Å². The molecule has 2 aromatic rings. The molecule has 0 unspecified atom stereocenters. The maximum absolute atomic E-state index is 11.3. The Balaban J connectivity index is 2.09. The fourth-order valence-corrected chi connectivity index (χ4v) is 2.04. The minimum atomic E-state index is -0.491. The molecule has 0 atom stereocenters. The van der Waals surface area contributed by atoms with Gasteiger partial charge in [-0.05, 0) is 40.2 Å². The van der Waals surface area contributed by atoms with E-state index >= 15 is 0 Å². The van der Waals surface area contributed by atoms with Crippen LogP contribution in [0.3, 0.4) is 0 Å². The van der Waals surface area contributed by atoms with Crippen molar-refractivity contribution in [3.8, 4) is 11.5 Å². The number of amides is 1. The predicted octanol–water partition coefficient (Wildman–Crippen LogP) is 2.23. The Morgan fingerprint density at radius 2 is 2.20 bits per heavy atom. The van der Waals surface area contributed by atoms with Crippen LogP contribution in [0.25, 0.3) is 0 Å². The van der Waals surface area contributed by atoms with E-state index < -0.39 is 5.91 Å². The van der Waals surface area contributed by atoms with Gasteiger partial charge >= 0.3 is 5.91 Å². The first-order valence-corrected chi connectivity index (χ1v) is 6.50. The van der Waals surface area contributed by atoms with Crippen LogP contribution in [-0.2, 0) is 6.61 Å². The van der Waals surface area contributed by atoms with Crippen molar-refractivity contribution < 1.29 is 18.7 Å². The summed E-state index contributed by atoms with van der Waals surface area (Å²) in [6, 6.07) is 8.64. The molecule has 1 aromatic heterocycles. The largest absolute Gasteiger partial charge is 0.493 e. The number of halogens is 1. The molecule has 0 aliphatic carbocycles. The third-order valence-electron chi connectivity index (χ3n) is 2.53. The highest BCUT2D eigenvalue weighted by Gasteiger charge is 2.12. The van der Waals surface area contributed by atoms with Gasteiger partial charge in [-0.1, -0.05) is 6.07 Å². The average molecular weight is 341 g/mol. The number of nitrogens with one attached hydrogen (secondary N) is 1. The molecule has 6 nitrogen and oxygen atoms in total. The van der Waals surface area contributed by atoms with Gasteiger partial charge in [0, 0.05) is 0 Å². The fourth-order valence-electron chi connectivity index (χ4n) is 1.58. The van der Waals surface area contributed by atoms with Crippen LogP contribution in [0.1, 0.15) is 16.3 Å². The van der Waals surface area contributed by atoms with E-state index in [0.29, 0.717) is 17.3 Å². The van der Waals surface area contributed by atoms with Crippen molar-refractivity contribution in [1.82, 2.24) is 5.43 Å². The van der Waals surface area contributed by atoms with E-state index in [4.69, 9.17) is 19.7 Å². The van der Waals surface area contributed by atoms with Crippen LogP contribution in [0.4, 0.5) is 0 Å². The van der Waals surface area contributed by atoms with Crippen molar-refractivity contribution in [1.29, 1.82) is 0 Å². The number of furan rings is 1. The topological polar surface area (TPSA) is 86.7 Å². The number of benzene rings is 1. The summed E-state index contributed by atoms with van der Waals surface area (Å²) in [4.78, 5) is 11.3. The van der Waals surface area contributed by atoms with Gasteiger partial charge in [-0.2, -0.15) is 0 Å². The molecule has 1 amide bonds. The van der Waals surface area contributed by atoms with Crippen LogP contribution < -0.4 is 20.7 Å². The number of rotatable bonds is 5. The number of carbonyl (C=O) groups excluding carboxylic acids is 1. The Morgan fingerprint density at radius 3 is 2.90 bits per heavy atom. The van der Waals surface area contributed by atoms with Crippen LogP contribution in [-0.4, -0.2) is 13.0 Å². The lowest BCUT2D eigenvalue weighted by Crippen LogP contribution is -2.29. The second kappa shape index (κ2) is 6.44. The van der Waals surface area contributed by atoms with Gasteiger partial charge in [0.2, 0.25) is 0 Å². The number of nitrogens with two attached hydrogens (primary N) is 1. The molecule has 0 bridgehead atoms. The van der Waals surface area contributed by atoms with Crippen molar-refractivity contribution >= 4 is 21.8 Å². The number of para-hydroxylation sites is 1. The Bertz CT molecular complexity index is 612. The first-order chi connectivity index (χ1) is 9.65. The van der Waals surface area contributed by atoms with Crippen molar-refractivity contribution in [3.63, 3.8) is 0 Å². The highest BCUT2D eigenvalue weighted by atomic mass is 79.9.